The quantitative estimate of drug-likeness (QED) is 0.830. The van der Waals surface area contributed by atoms with Crippen LogP contribution >= 0.6 is 44.3 Å². The molecule has 4 N–H and O–H groups in total. The molecule has 0 unspecified atom stereocenters. The maximum absolute atomic E-state index is 10.9. The summed E-state index contributed by atoms with van der Waals surface area (Å²) in [5.41, 5.74) is 11.4. The second-order valence-corrected chi connectivity index (χ2v) is 7.76. The topological polar surface area (TPSA) is 86.2 Å². The zero-order valence-electron chi connectivity index (χ0n) is 8.91. The molecular weight excluding hydrogens is 308 g/mol. The summed E-state index contributed by atoms with van der Waals surface area (Å²) in [6.45, 7) is 0. The largest absolute Gasteiger partial charge is 0.366 e. The molecule has 2 rings (SSSR count). The Kier molecular flexibility index (Phi) is 4.33. The van der Waals surface area contributed by atoms with Gasteiger partial charge in [0.1, 0.15) is 0 Å². The summed E-state index contributed by atoms with van der Waals surface area (Å²) < 4.78 is 1.98. The summed E-state index contributed by atoms with van der Waals surface area (Å²) >= 11 is 2.93. The first-order valence-electron chi connectivity index (χ1n) is 4.67. The molecule has 8 heteroatoms. The molecule has 0 aliphatic rings. The van der Waals surface area contributed by atoms with E-state index < -0.39 is 11.8 Å². The van der Waals surface area contributed by atoms with Gasteiger partial charge in [-0.1, -0.05) is 0 Å². The second kappa shape index (κ2) is 5.79. The molecular formula is C10H8N2O2S4. The molecule has 94 valence electrons. The average molecular weight is 316 g/mol. The number of carbonyl (C=O) groups is 2. The first kappa shape index (κ1) is 13.5. The molecule has 0 radical (unpaired) electrons. The van der Waals surface area contributed by atoms with Crippen LogP contribution in [0.1, 0.15) is 20.7 Å². The fraction of sp³-hybridized carbons (Fsp3) is 0. The minimum absolute atomic E-state index is 0.421. The monoisotopic (exact) mass is 316 g/mol. The van der Waals surface area contributed by atoms with Crippen LogP contribution in [0.2, 0.25) is 0 Å². The van der Waals surface area contributed by atoms with Crippen molar-refractivity contribution in [3.05, 3.63) is 34.0 Å². The van der Waals surface area contributed by atoms with Crippen LogP contribution in [0.15, 0.2) is 31.3 Å². The average Bonchev–Trinajstić information content (AvgIpc) is 2.95. The second-order valence-electron chi connectivity index (χ2n) is 3.20. The summed E-state index contributed by atoms with van der Waals surface area (Å²) in [5.74, 6) is -0.842. The molecule has 2 aromatic rings. The van der Waals surface area contributed by atoms with Gasteiger partial charge in [-0.15, -0.1) is 22.7 Å². The van der Waals surface area contributed by atoms with Crippen molar-refractivity contribution in [2.45, 2.75) is 8.42 Å². The minimum Gasteiger partial charge on any atom is -0.366 e. The van der Waals surface area contributed by atoms with E-state index in [4.69, 9.17) is 11.5 Å². The summed E-state index contributed by atoms with van der Waals surface area (Å²) in [4.78, 5) is 21.9. The minimum atomic E-state index is -0.421. The van der Waals surface area contributed by atoms with Crippen molar-refractivity contribution in [1.82, 2.24) is 0 Å². The van der Waals surface area contributed by atoms with Crippen LogP contribution in [0.4, 0.5) is 0 Å². The third-order valence-corrected chi connectivity index (χ3v) is 7.05. The van der Waals surface area contributed by atoms with Gasteiger partial charge in [0.05, 0.1) is 19.5 Å². The number of nitrogens with two attached hydrogens (primary N) is 2. The lowest BCUT2D eigenvalue weighted by Gasteiger charge is -1.93. The summed E-state index contributed by atoms with van der Waals surface area (Å²) in [7, 11) is 3.05. The molecule has 0 fully saturated rings. The van der Waals surface area contributed by atoms with Crippen LogP contribution in [-0.2, 0) is 0 Å². The predicted molar refractivity (Wildman–Crippen MR) is 77.4 cm³/mol. The fourth-order valence-electron chi connectivity index (χ4n) is 1.06. The first-order chi connectivity index (χ1) is 8.56. The number of hydrogen-bond donors (Lipinski definition) is 2. The number of primary amides is 2. The Morgan fingerprint density at radius 2 is 1.28 bits per heavy atom. The number of hydrogen-bond acceptors (Lipinski definition) is 6. The molecule has 4 nitrogen and oxygen atoms in total. The highest BCUT2D eigenvalue weighted by molar-refractivity contribution is 8.77. The molecule has 0 aromatic carbocycles. The zero-order valence-corrected chi connectivity index (χ0v) is 12.2. The van der Waals surface area contributed by atoms with Gasteiger partial charge in [0.25, 0.3) is 0 Å². The Bertz CT molecular complexity index is 538. The molecule has 0 saturated heterocycles. The number of amides is 2. The smallest absolute Gasteiger partial charge is 0.249 e. The van der Waals surface area contributed by atoms with E-state index in [-0.39, 0.29) is 0 Å². The van der Waals surface area contributed by atoms with Gasteiger partial charge in [-0.25, -0.2) is 0 Å². The lowest BCUT2D eigenvalue weighted by Crippen LogP contribution is -2.08. The molecule has 2 amide bonds. The van der Waals surface area contributed by atoms with Crippen LogP contribution in [0.3, 0.4) is 0 Å². The third-order valence-electron chi connectivity index (χ3n) is 1.93. The number of thiophene rings is 2. The van der Waals surface area contributed by atoms with E-state index in [1.165, 1.54) is 44.3 Å². The van der Waals surface area contributed by atoms with Crippen LogP contribution in [0.25, 0.3) is 0 Å². The van der Waals surface area contributed by atoms with Gasteiger partial charge in [-0.05, 0) is 33.7 Å². The van der Waals surface area contributed by atoms with Gasteiger partial charge in [0, 0.05) is 10.8 Å². The van der Waals surface area contributed by atoms with Crippen molar-refractivity contribution in [2.75, 3.05) is 0 Å². The molecule has 0 aliphatic carbocycles. The molecule has 0 bridgehead atoms. The Labute approximate surface area is 119 Å². The molecule has 0 spiro atoms. The molecule has 0 aliphatic heterocycles. The Balaban J connectivity index is 1.97. The van der Waals surface area contributed by atoms with Crippen molar-refractivity contribution in [2.24, 2.45) is 11.5 Å². The highest BCUT2D eigenvalue weighted by Crippen LogP contribution is 2.42. The van der Waals surface area contributed by atoms with E-state index in [1.807, 2.05) is 0 Å². The number of carbonyl (C=O) groups excluding carboxylic acids is 2. The lowest BCUT2D eigenvalue weighted by atomic mass is 10.3. The fourth-order valence-corrected chi connectivity index (χ4v) is 5.52. The summed E-state index contributed by atoms with van der Waals surface area (Å²) in [6, 6.07) is 3.51. The molecule has 0 saturated carbocycles. The van der Waals surface area contributed by atoms with E-state index >= 15 is 0 Å². The lowest BCUT2D eigenvalue weighted by molar-refractivity contribution is 0.0992. The van der Waals surface area contributed by atoms with Gasteiger partial charge in [-0.2, -0.15) is 0 Å². The van der Waals surface area contributed by atoms with Crippen molar-refractivity contribution in [3.8, 4) is 0 Å². The Morgan fingerprint density at radius 3 is 1.56 bits per heavy atom. The van der Waals surface area contributed by atoms with Crippen LogP contribution < -0.4 is 11.5 Å². The van der Waals surface area contributed by atoms with Crippen LogP contribution in [0, 0.1) is 0 Å². The summed E-state index contributed by atoms with van der Waals surface area (Å²) in [6.07, 6.45) is 0. The van der Waals surface area contributed by atoms with Crippen molar-refractivity contribution in [1.29, 1.82) is 0 Å². The normalized spacial score (nSPS) is 10.4. The SMILES string of the molecule is NC(=O)c1csc(SSc2cc(C(N)=O)cs2)c1. The van der Waals surface area contributed by atoms with Crippen LogP contribution in [0.5, 0.6) is 0 Å². The van der Waals surface area contributed by atoms with Gasteiger partial charge in [0.2, 0.25) is 11.8 Å². The Morgan fingerprint density at radius 1 is 0.889 bits per heavy atom. The third kappa shape index (κ3) is 3.29. The summed E-state index contributed by atoms with van der Waals surface area (Å²) in [5, 5.41) is 3.46. The van der Waals surface area contributed by atoms with Gasteiger partial charge >= 0.3 is 0 Å². The van der Waals surface area contributed by atoms with E-state index in [2.05, 4.69) is 0 Å². The zero-order chi connectivity index (χ0) is 13.1. The predicted octanol–water partition coefficient (Wildman–Crippen LogP) is 2.81. The van der Waals surface area contributed by atoms with Gasteiger partial charge < -0.3 is 11.5 Å². The van der Waals surface area contributed by atoms with E-state index in [9.17, 15) is 9.59 Å². The highest BCUT2D eigenvalue weighted by Gasteiger charge is 2.08. The number of rotatable bonds is 5. The standard InChI is InChI=1S/C10H8N2O2S4/c11-9(13)5-1-7(15-3-5)17-18-8-2-6(4-16-8)10(12)14/h1-4H,(H2,11,13)(H2,12,14). The molecule has 0 atom stereocenters. The van der Waals surface area contributed by atoms with Crippen molar-refractivity contribution < 1.29 is 9.59 Å². The van der Waals surface area contributed by atoms with Crippen molar-refractivity contribution in [3.63, 3.8) is 0 Å². The maximum Gasteiger partial charge on any atom is 0.249 e. The van der Waals surface area contributed by atoms with E-state index in [0.29, 0.717) is 11.1 Å². The van der Waals surface area contributed by atoms with Gasteiger partial charge in [0.15, 0.2) is 0 Å². The highest BCUT2D eigenvalue weighted by atomic mass is 33.1. The van der Waals surface area contributed by atoms with Crippen LogP contribution in [-0.4, -0.2) is 11.8 Å². The Hall–Kier alpha value is -0.960. The van der Waals surface area contributed by atoms with E-state index in [1.54, 1.807) is 22.9 Å². The first-order valence-corrected chi connectivity index (χ1v) is 8.58. The molecule has 2 aromatic heterocycles. The van der Waals surface area contributed by atoms with Gasteiger partial charge in [-0.3, -0.25) is 9.59 Å². The van der Waals surface area contributed by atoms with E-state index in [0.717, 1.165) is 8.42 Å². The van der Waals surface area contributed by atoms with Crippen molar-refractivity contribution >= 4 is 56.1 Å². The molecule has 18 heavy (non-hydrogen) atoms. The molecule has 2 heterocycles. The maximum atomic E-state index is 10.9.